The number of nitrogens with one attached hydrogen (secondary N) is 1. The first-order chi connectivity index (χ1) is 12.9. The first kappa shape index (κ1) is 20.3. The van der Waals surface area contributed by atoms with Crippen molar-refractivity contribution in [3.05, 3.63) is 59.7 Å². The number of carboxylic acids is 1. The van der Waals surface area contributed by atoms with Gasteiger partial charge in [0, 0.05) is 12.0 Å². The summed E-state index contributed by atoms with van der Waals surface area (Å²) in [6, 6.07) is 12.9. The Hall–Kier alpha value is -3.02. The number of benzene rings is 2. The van der Waals surface area contributed by atoms with E-state index in [1.54, 1.807) is 18.2 Å². The number of amides is 1. The average molecular weight is 371 g/mol. The SMILES string of the molecule is COc1cc(C(=O)N[C@H](Cc2ccccc2)C(=O)O)ccc1OCC(C)C. The molecule has 2 aromatic rings. The molecule has 0 unspecified atom stereocenters. The molecule has 2 rings (SSSR count). The number of ether oxygens (including phenoxy) is 2. The van der Waals surface area contributed by atoms with Gasteiger partial charge in [-0.25, -0.2) is 4.79 Å². The molecule has 0 saturated heterocycles. The van der Waals surface area contributed by atoms with Crippen LogP contribution in [0.1, 0.15) is 29.8 Å². The molecule has 0 radical (unpaired) electrons. The molecule has 1 atom stereocenters. The number of hydrogen-bond acceptors (Lipinski definition) is 4. The van der Waals surface area contributed by atoms with Gasteiger partial charge in [0.1, 0.15) is 6.04 Å². The van der Waals surface area contributed by atoms with Crippen molar-refractivity contribution in [2.75, 3.05) is 13.7 Å². The van der Waals surface area contributed by atoms with Gasteiger partial charge in [0.25, 0.3) is 5.91 Å². The summed E-state index contributed by atoms with van der Waals surface area (Å²) in [6.07, 6.45) is 0.203. The summed E-state index contributed by atoms with van der Waals surface area (Å²) in [4.78, 5) is 24.1. The minimum Gasteiger partial charge on any atom is -0.493 e. The highest BCUT2D eigenvalue weighted by Crippen LogP contribution is 2.28. The molecule has 0 saturated carbocycles. The lowest BCUT2D eigenvalue weighted by molar-refractivity contribution is -0.139. The van der Waals surface area contributed by atoms with E-state index < -0.39 is 17.9 Å². The molecule has 27 heavy (non-hydrogen) atoms. The second-order valence-corrected chi connectivity index (χ2v) is 6.62. The van der Waals surface area contributed by atoms with Crippen LogP contribution in [0.2, 0.25) is 0 Å². The third-order valence-electron chi connectivity index (χ3n) is 3.88. The van der Waals surface area contributed by atoms with E-state index in [9.17, 15) is 14.7 Å². The minimum absolute atomic E-state index is 0.203. The van der Waals surface area contributed by atoms with E-state index in [1.165, 1.54) is 7.11 Å². The van der Waals surface area contributed by atoms with Crippen molar-refractivity contribution in [1.29, 1.82) is 0 Å². The van der Waals surface area contributed by atoms with E-state index in [1.807, 2.05) is 44.2 Å². The molecule has 2 N–H and O–H groups in total. The zero-order valence-electron chi connectivity index (χ0n) is 15.8. The molecular weight excluding hydrogens is 346 g/mol. The molecule has 0 aliphatic heterocycles. The van der Waals surface area contributed by atoms with Crippen molar-refractivity contribution < 1.29 is 24.2 Å². The molecule has 0 spiro atoms. The predicted octanol–water partition coefficient (Wildman–Crippen LogP) is 3.16. The minimum atomic E-state index is -1.09. The van der Waals surface area contributed by atoms with Crippen LogP contribution in [-0.4, -0.2) is 36.7 Å². The fourth-order valence-electron chi connectivity index (χ4n) is 2.48. The molecule has 144 valence electrons. The summed E-state index contributed by atoms with van der Waals surface area (Å²) in [6.45, 7) is 4.60. The molecule has 0 aliphatic rings. The zero-order chi connectivity index (χ0) is 19.8. The van der Waals surface area contributed by atoms with Crippen LogP contribution in [0.15, 0.2) is 48.5 Å². The van der Waals surface area contributed by atoms with Crippen molar-refractivity contribution in [1.82, 2.24) is 5.32 Å². The van der Waals surface area contributed by atoms with Gasteiger partial charge < -0.3 is 19.9 Å². The number of carboxylic acid groups (broad SMARTS) is 1. The summed E-state index contributed by atoms with van der Waals surface area (Å²) >= 11 is 0. The van der Waals surface area contributed by atoms with E-state index in [-0.39, 0.29) is 6.42 Å². The van der Waals surface area contributed by atoms with Crippen LogP contribution < -0.4 is 14.8 Å². The monoisotopic (exact) mass is 371 g/mol. The van der Waals surface area contributed by atoms with Crippen molar-refractivity contribution in [2.45, 2.75) is 26.3 Å². The number of hydrogen-bond donors (Lipinski definition) is 2. The molecule has 2 aromatic carbocycles. The lowest BCUT2D eigenvalue weighted by Crippen LogP contribution is -2.42. The van der Waals surface area contributed by atoms with Crippen LogP contribution >= 0.6 is 0 Å². The Labute approximate surface area is 159 Å². The Kier molecular flexibility index (Phi) is 7.23. The maximum absolute atomic E-state index is 12.5. The average Bonchev–Trinajstić information content (AvgIpc) is 2.66. The van der Waals surface area contributed by atoms with Crippen molar-refractivity contribution in [3.63, 3.8) is 0 Å². The summed E-state index contributed by atoms with van der Waals surface area (Å²) in [5.41, 5.74) is 1.14. The second-order valence-electron chi connectivity index (χ2n) is 6.62. The number of carbonyl (C=O) groups excluding carboxylic acids is 1. The van der Waals surface area contributed by atoms with Crippen LogP contribution in [-0.2, 0) is 11.2 Å². The smallest absolute Gasteiger partial charge is 0.326 e. The van der Waals surface area contributed by atoms with E-state index in [2.05, 4.69) is 5.32 Å². The molecule has 6 nitrogen and oxygen atoms in total. The van der Waals surface area contributed by atoms with E-state index >= 15 is 0 Å². The molecule has 0 fully saturated rings. The summed E-state index contributed by atoms with van der Waals surface area (Å²) in [7, 11) is 1.49. The zero-order valence-corrected chi connectivity index (χ0v) is 15.8. The quantitative estimate of drug-likeness (QED) is 0.707. The van der Waals surface area contributed by atoms with Gasteiger partial charge in [-0.05, 0) is 29.7 Å². The molecule has 6 heteroatoms. The molecule has 1 amide bonds. The predicted molar refractivity (Wildman–Crippen MR) is 102 cm³/mol. The van der Waals surface area contributed by atoms with Gasteiger partial charge in [0.2, 0.25) is 0 Å². The van der Waals surface area contributed by atoms with Crippen LogP contribution in [0, 0.1) is 5.92 Å². The Bertz CT molecular complexity index is 773. The number of aliphatic carboxylic acids is 1. The van der Waals surface area contributed by atoms with E-state index in [0.717, 1.165) is 5.56 Å². The molecule has 0 aliphatic carbocycles. The van der Waals surface area contributed by atoms with Gasteiger partial charge in [-0.2, -0.15) is 0 Å². The fourth-order valence-corrected chi connectivity index (χ4v) is 2.48. The number of rotatable bonds is 9. The highest BCUT2D eigenvalue weighted by molar-refractivity contribution is 5.97. The maximum atomic E-state index is 12.5. The second kappa shape index (κ2) is 9.62. The Morgan fingerprint density at radius 1 is 1.07 bits per heavy atom. The van der Waals surface area contributed by atoms with Gasteiger partial charge in [0.05, 0.1) is 13.7 Å². The molecule has 0 heterocycles. The first-order valence-corrected chi connectivity index (χ1v) is 8.79. The van der Waals surface area contributed by atoms with E-state index in [4.69, 9.17) is 9.47 Å². The third-order valence-corrected chi connectivity index (χ3v) is 3.88. The fraction of sp³-hybridized carbons (Fsp3) is 0.333. The highest BCUT2D eigenvalue weighted by Gasteiger charge is 2.22. The lowest BCUT2D eigenvalue weighted by Gasteiger charge is -2.16. The van der Waals surface area contributed by atoms with Gasteiger partial charge in [0.15, 0.2) is 11.5 Å². The van der Waals surface area contributed by atoms with Crippen molar-refractivity contribution in [2.24, 2.45) is 5.92 Å². The van der Waals surface area contributed by atoms with Crippen molar-refractivity contribution >= 4 is 11.9 Å². The largest absolute Gasteiger partial charge is 0.493 e. The molecule has 0 aromatic heterocycles. The summed E-state index contributed by atoms with van der Waals surface area (Å²) in [5.74, 6) is -0.241. The molecular formula is C21H25NO5. The van der Waals surface area contributed by atoms with Crippen LogP contribution in [0.4, 0.5) is 0 Å². The third kappa shape index (κ3) is 6.02. The maximum Gasteiger partial charge on any atom is 0.326 e. The van der Waals surface area contributed by atoms with Gasteiger partial charge in [-0.15, -0.1) is 0 Å². The van der Waals surface area contributed by atoms with Gasteiger partial charge in [-0.1, -0.05) is 44.2 Å². The van der Waals surface area contributed by atoms with Gasteiger partial charge in [-0.3, -0.25) is 4.79 Å². The van der Waals surface area contributed by atoms with Crippen LogP contribution in [0.25, 0.3) is 0 Å². The highest BCUT2D eigenvalue weighted by atomic mass is 16.5. The Morgan fingerprint density at radius 3 is 2.37 bits per heavy atom. The Balaban J connectivity index is 2.11. The van der Waals surface area contributed by atoms with Crippen LogP contribution in [0.3, 0.4) is 0 Å². The van der Waals surface area contributed by atoms with Gasteiger partial charge >= 0.3 is 5.97 Å². The topological polar surface area (TPSA) is 84.9 Å². The number of carbonyl (C=O) groups is 2. The molecule has 0 bridgehead atoms. The van der Waals surface area contributed by atoms with Crippen molar-refractivity contribution in [3.8, 4) is 11.5 Å². The normalized spacial score (nSPS) is 11.7. The summed E-state index contributed by atoms with van der Waals surface area (Å²) < 4.78 is 11.0. The van der Waals surface area contributed by atoms with Crippen LogP contribution in [0.5, 0.6) is 11.5 Å². The summed E-state index contributed by atoms with van der Waals surface area (Å²) in [5, 5.41) is 12.0. The first-order valence-electron chi connectivity index (χ1n) is 8.79. The van der Waals surface area contributed by atoms with E-state index in [0.29, 0.717) is 29.6 Å². The lowest BCUT2D eigenvalue weighted by atomic mass is 10.1. The Morgan fingerprint density at radius 2 is 1.78 bits per heavy atom. The standard InChI is InChI=1S/C21H25NO5/c1-14(2)13-27-18-10-9-16(12-19(18)26-3)20(23)22-17(21(24)25)11-15-7-5-4-6-8-15/h4-10,12,14,17H,11,13H2,1-3H3,(H,22,23)(H,24,25)/t17-/m1/s1. The number of methoxy groups -OCH3 is 1.